The maximum absolute atomic E-state index is 6.32. The van der Waals surface area contributed by atoms with Crippen LogP contribution in [0.5, 0.6) is 0 Å². The number of aromatic nitrogens is 2. The molecule has 1 atom stereocenters. The second kappa shape index (κ2) is 5.47. The fraction of sp³-hybridized carbons (Fsp3) is 0.235. The van der Waals surface area contributed by atoms with E-state index in [1.807, 2.05) is 24.0 Å². The van der Waals surface area contributed by atoms with Gasteiger partial charge < -0.3 is 5.73 Å². The number of aryl methyl sites for hydroxylation is 2. The average Bonchev–Trinajstić information content (AvgIpc) is 2.89. The van der Waals surface area contributed by atoms with Crippen molar-refractivity contribution in [3.63, 3.8) is 0 Å². The van der Waals surface area contributed by atoms with Crippen LogP contribution in [0.15, 0.2) is 54.7 Å². The van der Waals surface area contributed by atoms with Gasteiger partial charge in [-0.3, -0.25) is 4.68 Å². The summed E-state index contributed by atoms with van der Waals surface area (Å²) in [4.78, 5) is 0. The van der Waals surface area contributed by atoms with Gasteiger partial charge in [-0.2, -0.15) is 5.10 Å². The van der Waals surface area contributed by atoms with Crippen molar-refractivity contribution >= 4 is 10.8 Å². The third-order valence-corrected chi connectivity index (χ3v) is 3.84. The van der Waals surface area contributed by atoms with Gasteiger partial charge in [-0.1, -0.05) is 36.4 Å². The molecule has 3 rings (SSSR count). The highest BCUT2D eigenvalue weighted by molar-refractivity contribution is 5.83. The third-order valence-electron chi connectivity index (χ3n) is 3.84. The quantitative estimate of drug-likeness (QED) is 0.787. The Morgan fingerprint density at radius 1 is 1.10 bits per heavy atom. The molecular weight excluding hydrogens is 246 g/mol. The van der Waals surface area contributed by atoms with Crippen molar-refractivity contribution in [1.29, 1.82) is 0 Å². The molecule has 0 spiro atoms. The summed E-state index contributed by atoms with van der Waals surface area (Å²) in [7, 11) is 1.97. The summed E-state index contributed by atoms with van der Waals surface area (Å²) < 4.78 is 1.91. The molecule has 3 nitrogen and oxygen atoms in total. The van der Waals surface area contributed by atoms with E-state index < -0.39 is 0 Å². The first kappa shape index (κ1) is 12.9. The van der Waals surface area contributed by atoms with Crippen molar-refractivity contribution in [2.24, 2.45) is 12.8 Å². The minimum atomic E-state index is 0.0644. The van der Waals surface area contributed by atoms with Gasteiger partial charge in [-0.05, 0) is 41.3 Å². The van der Waals surface area contributed by atoms with Crippen LogP contribution in [-0.4, -0.2) is 9.78 Å². The molecule has 0 saturated carbocycles. The van der Waals surface area contributed by atoms with Crippen molar-refractivity contribution < 1.29 is 0 Å². The van der Waals surface area contributed by atoms with Crippen molar-refractivity contribution in [2.75, 3.05) is 0 Å². The first-order valence-corrected chi connectivity index (χ1v) is 6.95. The van der Waals surface area contributed by atoms with Crippen LogP contribution in [0.1, 0.15) is 23.7 Å². The lowest BCUT2D eigenvalue weighted by molar-refractivity contribution is 0.614. The van der Waals surface area contributed by atoms with E-state index in [0.717, 1.165) is 12.8 Å². The molecule has 0 amide bonds. The fourth-order valence-corrected chi connectivity index (χ4v) is 2.56. The van der Waals surface area contributed by atoms with Gasteiger partial charge in [0.1, 0.15) is 0 Å². The van der Waals surface area contributed by atoms with E-state index in [-0.39, 0.29) is 6.04 Å². The Labute approximate surface area is 119 Å². The van der Waals surface area contributed by atoms with E-state index in [1.165, 1.54) is 22.0 Å². The topological polar surface area (TPSA) is 43.8 Å². The van der Waals surface area contributed by atoms with Crippen LogP contribution < -0.4 is 5.73 Å². The van der Waals surface area contributed by atoms with Crippen LogP contribution in [0, 0.1) is 0 Å². The van der Waals surface area contributed by atoms with Gasteiger partial charge in [0.2, 0.25) is 0 Å². The molecule has 0 bridgehead atoms. The lowest BCUT2D eigenvalue weighted by Gasteiger charge is -2.13. The second-order valence-electron chi connectivity index (χ2n) is 5.20. The molecule has 0 fully saturated rings. The summed E-state index contributed by atoms with van der Waals surface area (Å²) >= 11 is 0. The zero-order chi connectivity index (χ0) is 13.9. The first-order chi connectivity index (χ1) is 9.74. The minimum absolute atomic E-state index is 0.0644. The molecule has 1 aromatic heterocycles. The van der Waals surface area contributed by atoms with Gasteiger partial charge >= 0.3 is 0 Å². The minimum Gasteiger partial charge on any atom is -0.324 e. The van der Waals surface area contributed by atoms with E-state index in [0.29, 0.717) is 0 Å². The number of rotatable bonds is 4. The van der Waals surface area contributed by atoms with Gasteiger partial charge in [0.05, 0.1) is 0 Å². The SMILES string of the molecule is Cn1nccc1CCC(N)c1ccc2ccccc2c1. The van der Waals surface area contributed by atoms with Crippen molar-refractivity contribution in [1.82, 2.24) is 9.78 Å². The average molecular weight is 265 g/mol. The third kappa shape index (κ3) is 2.58. The van der Waals surface area contributed by atoms with Gasteiger partial charge in [-0.15, -0.1) is 0 Å². The molecule has 0 aliphatic rings. The largest absolute Gasteiger partial charge is 0.324 e. The Kier molecular flexibility index (Phi) is 3.52. The first-order valence-electron chi connectivity index (χ1n) is 6.95. The molecule has 3 heteroatoms. The molecule has 102 valence electrons. The van der Waals surface area contributed by atoms with Gasteiger partial charge in [0.15, 0.2) is 0 Å². The molecule has 20 heavy (non-hydrogen) atoms. The molecule has 0 radical (unpaired) electrons. The number of nitrogens with zero attached hydrogens (tertiary/aromatic N) is 2. The highest BCUT2D eigenvalue weighted by Gasteiger charge is 2.08. The van der Waals surface area contributed by atoms with Crippen LogP contribution in [0.3, 0.4) is 0 Å². The van der Waals surface area contributed by atoms with E-state index >= 15 is 0 Å². The molecule has 3 aromatic rings. The van der Waals surface area contributed by atoms with Gasteiger partial charge in [0.25, 0.3) is 0 Å². The summed E-state index contributed by atoms with van der Waals surface area (Å²) in [6.45, 7) is 0. The Hall–Kier alpha value is -2.13. The summed E-state index contributed by atoms with van der Waals surface area (Å²) in [5.74, 6) is 0. The van der Waals surface area contributed by atoms with Gasteiger partial charge in [-0.25, -0.2) is 0 Å². The molecule has 0 saturated heterocycles. The molecule has 0 aliphatic heterocycles. The second-order valence-corrected chi connectivity index (χ2v) is 5.20. The Morgan fingerprint density at radius 3 is 2.65 bits per heavy atom. The summed E-state index contributed by atoms with van der Waals surface area (Å²) in [6, 6.07) is 17.0. The zero-order valence-corrected chi connectivity index (χ0v) is 11.7. The maximum Gasteiger partial charge on any atom is 0.0492 e. The Bertz CT molecular complexity index is 715. The Balaban J connectivity index is 1.75. The molecule has 1 unspecified atom stereocenters. The van der Waals surface area contributed by atoms with E-state index in [1.54, 1.807) is 0 Å². The predicted octanol–water partition coefficient (Wildman–Crippen LogP) is 3.21. The smallest absolute Gasteiger partial charge is 0.0492 e. The zero-order valence-electron chi connectivity index (χ0n) is 11.7. The fourth-order valence-electron chi connectivity index (χ4n) is 2.56. The highest BCUT2D eigenvalue weighted by Crippen LogP contribution is 2.22. The molecular formula is C17H19N3. The molecule has 2 N–H and O–H groups in total. The summed E-state index contributed by atoms with van der Waals surface area (Å²) in [5, 5.41) is 6.69. The van der Waals surface area contributed by atoms with Crippen molar-refractivity contribution in [3.8, 4) is 0 Å². The number of fused-ring (bicyclic) bond motifs is 1. The van der Waals surface area contributed by atoms with Crippen LogP contribution in [-0.2, 0) is 13.5 Å². The predicted molar refractivity (Wildman–Crippen MR) is 82.4 cm³/mol. The molecule has 0 aliphatic carbocycles. The van der Waals surface area contributed by atoms with Crippen LogP contribution >= 0.6 is 0 Å². The van der Waals surface area contributed by atoms with Crippen molar-refractivity contribution in [2.45, 2.75) is 18.9 Å². The van der Waals surface area contributed by atoms with Crippen molar-refractivity contribution in [3.05, 3.63) is 66.0 Å². The van der Waals surface area contributed by atoms with E-state index in [9.17, 15) is 0 Å². The van der Waals surface area contributed by atoms with Crippen LogP contribution in [0.2, 0.25) is 0 Å². The Morgan fingerprint density at radius 2 is 1.90 bits per heavy atom. The standard InChI is InChI=1S/C17H19N3/c1-20-16(10-11-19-20)8-9-17(18)15-7-6-13-4-2-3-5-14(13)12-15/h2-7,10-12,17H,8-9,18H2,1H3. The number of hydrogen-bond acceptors (Lipinski definition) is 2. The lowest BCUT2D eigenvalue weighted by atomic mass is 9.99. The number of nitrogens with two attached hydrogens (primary N) is 1. The molecule has 1 heterocycles. The summed E-state index contributed by atoms with van der Waals surface area (Å²) in [6.07, 6.45) is 3.71. The number of hydrogen-bond donors (Lipinski definition) is 1. The monoisotopic (exact) mass is 265 g/mol. The lowest BCUT2D eigenvalue weighted by Crippen LogP contribution is -2.12. The normalized spacial score (nSPS) is 12.7. The maximum atomic E-state index is 6.32. The van der Waals surface area contributed by atoms with Crippen LogP contribution in [0.25, 0.3) is 10.8 Å². The van der Waals surface area contributed by atoms with E-state index in [2.05, 4.69) is 47.6 Å². The van der Waals surface area contributed by atoms with Gasteiger partial charge in [0, 0.05) is 25.0 Å². The van der Waals surface area contributed by atoms with Crippen LogP contribution in [0.4, 0.5) is 0 Å². The van der Waals surface area contributed by atoms with E-state index in [4.69, 9.17) is 5.73 Å². The summed E-state index contributed by atoms with van der Waals surface area (Å²) in [5.41, 5.74) is 8.75. The molecule has 2 aromatic carbocycles. The number of benzene rings is 2. The highest BCUT2D eigenvalue weighted by atomic mass is 15.2.